The SMILES string of the molecule is CC(I)OC(=O)Cc1ccccc1. The molecule has 0 bridgehead atoms. The number of halogens is 1. The minimum Gasteiger partial charge on any atom is -0.452 e. The highest BCUT2D eigenvalue weighted by Crippen LogP contribution is 2.05. The number of rotatable bonds is 3. The fourth-order valence-corrected chi connectivity index (χ4v) is 1.27. The molecule has 0 saturated heterocycles. The highest BCUT2D eigenvalue weighted by Gasteiger charge is 2.06. The Labute approximate surface area is 91.4 Å². The molecule has 0 aliphatic rings. The van der Waals surface area contributed by atoms with Crippen LogP contribution in [-0.2, 0) is 16.0 Å². The fourth-order valence-electron chi connectivity index (χ4n) is 0.985. The molecule has 13 heavy (non-hydrogen) atoms. The van der Waals surface area contributed by atoms with E-state index in [0.29, 0.717) is 6.42 Å². The number of ether oxygens (including phenoxy) is 1. The van der Waals surface area contributed by atoms with Crippen molar-refractivity contribution in [3.63, 3.8) is 0 Å². The van der Waals surface area contributed by atoms with Crippen LogP contribution in [0.3, 0.4) is 0 Å². The van der Waals surface area contributed by atoms with Gasteiger partial charge in [-0.15, -0.1) is 0 Å². The number of hydrogen-bond donors (Lipinski definition) is 0. The highest BCUT2D eigenvalue weighted by atomic mass is 127. The van der Waals surface area contributed by atoms with E-state index in [-0.39, 0.29) is 10.1 Å². The van der Waals surface area contributed by atoms with Gasteiger partial charge in [-0.1, -0.05) is 30.3 Å². The summed E-state index contributed by atoms with van der Waals surface area (Å²) in [6.45, 7) is 1.84. The van der Waals surface area contributed by atoms with E-state index in [1.54, 1.807) is 0 Å². The topological polar surface area (TPSA) is 26.3 Å². The first-order valence-electron chi connectivity index (χ1n) is 4.06. The monoisotopic (exact) mass is 290 g/mol. The standard InChI is InChI=1S/C10H11IO2/c1-8(11)13-10(12)7-9-5-3-2-4-6-9/h2-6,8H,7H2,1H3. The van der Waals surface area contributed by atoms with Crippen LogP contribution in [0.25, 0.3) is 0 Å². The lowest BCUT2D eigenvalue weighted by Gasteiger charge is -2.05. The Morgan fingerprint density at radius 1 is 1.46 bits per heavy atom. The summed E-state index contributed by atoms with van der Waals surface area (Å²) in [4.78, 5) is 11.2. The molecule has 0 aliphatic carbocycles. The van der Waals surface area contributed by atoms with Crippen molar-refractivity contribution in [1.82, 2.24) is 0 Å². The van der Waals surface area contributed by atoms with Crippen molar-refractivity contribution in [1.29, 1.82) is 0 Å². The van der Waals surface area contributed by atoms with Crippen LogP contribution in [0.5, 0.6) is 0 Å². The summed E-state index contributed by atoms with van der Waals surface area (Å²) in [7, 11) is 0. The first kappa shape index (κ1) is 10.5. The van der Waals surface area contributed by atoms with Crippen LogP contribution in [0.1, 0.15) is 12.5 Å². The van der Waals surface area contributed by atoms with Gasteiger partial charge in [-0.25, -0.2) is 0 Å². The molecule has 2 nitrogen and oxygen atoms in total. The molecule has 0 amide bonds. The molecular weight excluding hydrogens is 279 g/mol. The second-order valence-corrected chi connectivity index (χ2v) is 4.45. The maximum absolute atomic E-state index is 11.2. The number of benzene rings is 1. The van der Waals surface area contributed by atoms with Crippen LogP contribution < -0.4 is 0 Å². The number of carbonyl (C=O) groups is 1. The van der Waals surface area contributed by atoms with E-state index in [1.807, 2.05) is 37.3 Å². The molecule has 1 atom stereocenters. The third-order valence-corrected chi connectivity index (χ3v) is 1.74. The zero-order valence-corrected chi connectivity index (χ0v) is 9.52. The highest BCUT2D eigenvalue weighted by molar-refractivity contribution is 14.1. The number of esters is 1. The maximum atomic E-state index is 11.2. The summed E-state index contributed by atoms with van der Waals surface area (Å²) >= 11 is 2.06. The summed E-state index contributed by atoms with van der Waals surface area (Å²) in [6.07, 6.45) is 0.355. The lowest BCUT2D eigenvalue weighted by molar-refractivity contribution is -0.143. The molecule has 0 N–H and O–H groups in total. The molecular formula is C10H11IO2. The fraction of sp³-hybridized carbons (Fsp3) is 0.300. The Bertz CT molecular complexity index is 270. The molecule has 1 rings (SSSR count). The molecule has 0 aromatic heterocycles. The lowest BCUT2D eigenvalue weighted by atomic mass is 10.2. The predicted molar refractivity (Wildman–Crippen MR) is 59.7 cm³/mol. The molecule has 1 unspecified atom stereocenters. The molecule has 0 spiro atoms. The van der Waals surface area contributed by atoms with Gasteiger partial charge in [0, 0.05) is 0 Å². The number of hydrogen-bond acceptors (Lipinski definition) is 2. The van der Waals surface area contributed by atoms with Crippen LogP contribution in [0.4, 0.5) is 0 Å². The summed E-state index contributed by atoms with van der Waals surface area (Å²) in [5, 5.41) is 0. The second kappa shape index (κ2) is 5.21. The van der Waals surface area contributed by atoms with Crippen molar-refractivity contribution in [2.24, 2.45) is 0 Å². The normalized spacial score (nSPS) is 12.2. The van der Waals surface area contributed by atoms with Gasteiger partial charge >= 0.3 is 5.97 Å². The van der Waals surface area contributed by atoms with E-state index in [9.17, 15) is 4.79 Å². The molecule has 1 aromatic rings. The van der Waals surface area contributed by atoms with E-state index in [2.05, 4.69) is 22.6 Å². The maximum Gasteiger partial charge on any atom is 0.311 e. The molecule has 70 valence electrons. The van der Waals surface area contributed by atoms with Crippen molar-refractivity contribution in [3.05, 3.63) is 35.9 Å². The first-order valence-corrected chi connectivity index (χ1v) is 5.30. The van der Waals surface area contributed by atoms with Crippen molar-refractivity contribution < 1.29 is 9.53 Å². The quantitative estimate of drug-likeness (QED) is 0.486. The Balaban J connectivity index is 2.46. The van der Waals surface area contributed by atoms with Gasteiger partial charge in [-0.2, -0.15) is 0 Å². The van der Waals surface area contributed by atoms with Crippen LogP contribution in [0.2, 0.25) is 0 Å². The molecule has 0 heterocycles. The van der Waals surface area contributed by atoms with Crippen molar-refractivity contribution >= 4 is 28.6 Å². The van der Waals surface area contributed by atoms with Crippen LogP contribution >= 0.6 is 22.6 Å². The summed E-state index contributed by atoms with van der Waals surface area (Å²) in [6, 6.07) is 9.58. The zero-order chi connectivity index (χ0) is 9.68. The molecule has 0 radical (unpaired) electrons. The lowest BCUT2D eigenvalue weighted by Crippen LogP contribution is -2.11. The molecule has 3 heteroatoms. The minimum absolute atomic E-state index is 0.0613. The second-order valence-electron chi connectivity index (χ2n) is 2.70. The van der Waals surface area contributed by atoms with Gasteiger partial charge in [-0.3, -0.25) is 4.79 Å². The first-order chi connectivity index (χ1) is 6.18. The summed E-state index contributed by atoms with van der Waals surface area (Å²) in [5.41, 5.74) is 0.990. The Hall–Kier alpha value is -0.580. The van der Waals surface area contributed by atoms with Crippen molar-refractivity contribution in [2.75, 3.05) is 0 Å². The van der Waals surface area contributed by atoms with E-state index >= 15 is 0 Å². The van der Waals surface area contributed by atoms with Crippen LogP contribution in [0, 0.1) is 0 Å². The summed E-state index contributed by atoms with van der Waals surface area (Å²) < 4.78 is 4.94. The van der Waals surface area contributed by atoms with Gasteiger partial charge < -0.3 is 4.74 Å². The van der Waals surface area contributed by atoms with Gasteiger partial charge in [-0.05, 0) is 35.1 Å². The van der Waals surface area contributed by atoms with Crippen molar-refractivity contribution in [2.45, 2.75) is 17.5 Å². The van der Waals surface area contributed by atoms with E-state index in [1.165, 1.54) is 0 Å². The van der Waals surface area contributed by atoms with Crippen LogP contribution in [0.15, 0.2) is 30.3 Å². The van der Waals surface area contributed by atoms with E-state index in [0.717, 1.165) is 5.56 Å². The zero-order valence-electron chi connectivity index (χ0n) is 7.37. The van der Waals surface area contributed by atoms with Gasteiger partial charge in [0.15, 0.2) is 0 Å². The molecule has 0 saturated carbocycles. The largest absolute Gasteiger partial charge is 0.452 e. The number of carbonyl (C=O) groups excluding carboxylic acids is 1. The van der Waals surface area contributed by atoms with Crippen molar-refractivity contribution in [3.8, 4) is 0 Å². The van der Waals surface area contributed by atoms with E-state index < -0.39 is 0 Å². The third kappa shape index (κ3) is 4.26. The van der Waals surface area contributed by atoms with E-state index in [4.69, 9.17) is 4.74 Å². The molecule has 1 aromatic carbocycles. The molecule has 0 aliphatic heterocycles. The van der Waals surface area contributed by atoms with Crippen LogP contribution in [-0.4, -0.2) is 10.1 Å². The predicted octanol–water partition coefficient (Wildman–Crippen LogP) is 2.55. The summed E-state index contributed by atoms with van der Waals surface area (Å²) in [5.74, 6) is -0.173. The van der Waals surface area contributed by atoms with Gasteiger partial charge in [0.1, 0.15) is 4.11 Å². The average molecular weight is 290 g/mol. The minimum atomic E-state index is -0.173. The van der Waals surface area contributed by atoms with Gasteiger partial charge in [0.05, 0.1) is 6.42 Å². The Morgan fingerprint density at radius 3 is 2.62 bits per heavy atom. The molecule has 0 fully saturated rings. The smallest absolute Gasteiger partial charge is 0.311 e. The third-order valence-electron chi connectivity index (χ3n) is 1.49. The Kier molecular flexibility index (Phi) is 4.21. The number of alkyl halides is 1. The van der Waals surface area contributed by atoms with Gasteiger partial charge in [0.2, 0.25) is 0 Å². The average Bonchev–Trinajstić information content (AvgIpc) is 2.04. The Morgan fingerprint density at radius 2 is 2.08 bits per heavy atom. The van der Waals surface area contributed by atoms with Gasteiger partial charge in [0.25, 0.3) is 0 Å².